The zero-order valence-corrected chi connectivity index (χ0v) is 11.1. The molecule has 0 spiro atoms. The fourth-order valence-electron chi connectivity index (χ4n) is 3.52. The highest BCUT2D eigenvalue weighted by atomic mass is 16.5. The molecule has 1 aliphatic carbocycles. The van der Waals surface area contributed by atoms with Crippen molar-refractivity contribution in [2.75, 3.05) is 39.3 Å². The zero-order valence-electron chi connectivity index (χ0n) is 11.1. The highest BCUT2D eigenvalue weighted by Crippen LogP contribution is 2.33. The average molecular weight is 238 g/mol. The molecule has 2 unspecified atom stereocenters. The molecule has 98 valence electrons. The van der Waals surface area contributed by atoms with E-state index in [0.717, 1.165) is 19.1 Å². The predicted molar refractivity (Wildman–Crippen MR) is 69.1 cm³/mol. The van der Waals surface area contributed by atoms with E-state index in [0.29, 0.717) is 11.5 Å². The smallest absolute Gasteiger partial charge is 0.0730 e. The van der Waals surface area contributed by atoms with E-state index in [9.17, 15) is 0 Å². The third-order valence-corrected chi connectivity index (χ3v) is 4.92. The summed E-state index contributed by atoms with van der Waals surface area (Å²) >= 11 is 0. The Morgan fingerprint density at radius 1 is 1.41 bits per heavy atom. The van der Waals surface area contributed by atoms with Gasteiger partial charge in [-0.1, -0.05) is 13.3 Å². The number of hydrogen-bond acceptors (Lipinski definition) is 3. The molecule has 2 atom stereocenters. The summed E-state index contributed by atoms with van der Waals surface area (Å²) in [5.41, 5.74) is 0.501. The van der Waals surface area contributed by atoms with Gasteiger partial charge in [0.15, 0.2) is 0 Å². The molecule has 2 saturated heterocycles. The van der Waals surface area contributed by atoms with Gasteiger partial charge in [-0.05, 0) is 37.1 Å². The van der Waals surface area contributed by atoms with Gasteiger partial charge in [0.25, 0.3) is 0 Å². The van der Waals surface area contributed by atoms with E-state index in [4.69, 9.17) is 4.74 Å². The Bertz CT molecular complexity index is 259. The second-order valence-corrected chi connectivity index (χ2v) is 6.57. The van der Waals surface area contributed by atoms with Crippen molar-refractivity contribution in [1.29, 1.82) is 0 Å². The van der Waals surface area contributed by atoms with Crippen LogP contribution in [0.5, 0.6) is 0 Å². The minimum absolute atomic E-state index is 0.501. The highest BCUT2D eigenvalue weighted by Gasteiger charge is 2.35. The minimum atomic E-state index is 0.501. The summed E-state index contributed by atoms with van der Waals surface area (Å²) in [5, 5.41) is 3.50. The van der Waals surface area contributed by atoms with Crippen molar-refractivity contribution in [2.24, 2.45) is 11.3 Å². The van der Waals surface area contributed by atoms with Gasteiger partial charge in [0.1, 0.15) is 0 Å². The molecule has 1 N–H and O–H groups in total. The Balaban J connectivity index is 1.52. The lowest BCUT2D eigenvalue weighted by molar-refractivity contribution is -0.0808. The second-order valence-electron chi connectivity index (χ2n) is 6.57. The first-order chi connectivity index (χ1) is 8.25. The van der Waals surface area contributed by atoms with E-state index in [-0.39, 0.29) is 0 Å². The standard InChI is InChI=1S/C14H26N2O/c1-14(5-6-15-10-14)11-16-7-8-17-13(9-16)12-3-2-4-12/h12-13,15H,2-11H2,1H3. The summed E-state index contributed by atoms with van der Waals surface area (Å²) in [5.74, 6) is 0.868. The van der Waals surface area contributed by atoms with Crippen molar-refractivity contribution in [3.63, 3.8) is 0 Å². The normalized spacial score (nSPS) is 40.4. The molecular formula is C14H26N2O. The van der Waals surface area contributed by atoms with Gasteiger partial charge in [0.2, 0.25) is 0 Å². The minimum Gasteiger partial charge on any atom is -0.375 e. The van der Waals surface area contributed by atoms with Crippen LogP contribution in [0.4, 0.5) is 0 Å². The molecule has 3 rings (SSSR count). The average Bonchev–Trinajstić information content (AvgIpc) is 2.62. The molecule has 0 aromatic carbocycles. The molecule has 0 bridgehead atoms. The maximum atomic E-state index is 5.95. The van der Waals surface area contributed by atoms with Crippen LogP contribution in [0.3, 0.4) is 0 Å². The zero-order chi connectivity index (χ0) is 11.7. The van der Waals surface area contributed by atoms with E-state index >= 15 is 0 Å². The van der Waals surface area contributed by atoms with Crippen molar-refractivity contribution in [3.8, 4) is 0 Å². The lowest BCUT2D eigenvalue weighted by Crippen LogP contribution is -2.50. The van der Waals surface area contributed by atoms with Crippen LogP contribution in [-0.4, -0.2) is 50.3 Å². The van der Waals surface area contributed by atoms with Gasteiger partial charge in [0, 0.05) is 26.2 Å². The Labute approximate surface area is 105 Å². The highest BCUT2D eigenvalue weighted by molar-refractivity contribution is 4.89. The van der Waals surface area contributed by atoms with Gasteiger partial charge in [-0.25, -0.2) is 0 Å². The van der Waals surface area contributed by atoms with Crippen LogP contribution in [0.1, 0.15) is 32.6 Å². The summed E-state index contributed by atoms with van der Waals surface area (Å²) in [4.78, 5) is 2.65. The molecule has 2 aliphatic heterocycles. The maximum Gasteiger partial charge on any atom is 0.0730 e. The van der Waals surface area contributed by atoms with Crippen LogP contribution >= 0.6 is 0 Å². The van der Waals surface area contributed by atoms with Crippen LogP contribution in [-0.2, 0) is 4.74 Å². The number of nitrogens with one attached hydrogen (secondary N) is 1. The van der Waals surface area contributed by atoms with Gasteiger partial charge >= 0.3 is 0 Å². The van der Waals surface area contributed by atoms with E-state index in [1.165, 1.54) is 51.9 Å². The van der Waals surface area contributed by atoms with E-state index < -0.39 is 0 Å². The first-order valence-electron chi connectivity index (χ1n) is 7.30. The van der Waals surface area contributed by atoms with Crippen molar-refractivity contribution >= 4 is 0 Å². The summed E-state index contributed by atoms with van der Waals surface area (Å²) in [6.07, 6.45) is 6.09. The first kappa shape index (κ1) is 11.9. The lowest BCUT2D eigenvalue weighted by Gasteiger charge is -2.42. The fraction of sp³-hybridized carbons (Fsp3) is 1.00. The molecule has 3 heteroatoms. The Hall–Kier alpha value is -0.120. The largest absolute Gasteiger partial charge is 0.375 e. The SMILES string of the molecule is CC1(CN2CCOC(C3CCC3)C2)CCNC1. The third kappa shape index (κ3) is 2.67. The second kappa shape index (κ2) is 4.87. The van der Waals surface area contributed by atoms with Gasteiger partial charge in [-0.2, -0.15) is 0 Å². The van der Waals surface area contributed by atoms with Crippen LogP contribution in [0.2, 0.25) is 0 Å². The van der Waals surface area contributed by atoms with Crippen molar-refractivity contribution in [3.05, 3.63) is 0 Å². The molecule has 3 aliphatic rings. The molecule has 3 fully saturated rings. The molecule has 0 aromatic rings. The molecule has 0 amide bonds. The molecule has 1 saturated carbocycles. The van der Waals surface area contributed by atoms with E-state index in [1.54, 1.807) is 0 Å². The van der Waals surface area contributed by atoms with Crippen LogP contribution in [0.25, 0.3) is 0 Å². The quantitative estimate of drug-likeness (QED) is 0.806. The Morgan fingerprint density at radius 2 is 2.29 bits per heavy atom. The van der Waals surface area contributed by atoms with Crippen molar-refractivity contribution < 1.29 is 4.74 Å². The number of morpholine rings is 1. The third-order valence-electron chi connectivity index (χ3n) is 4.92. The first-order valence-corrected chi connectivity index (χ1v) is 7.30. The number of hydrogen-bond donors (Lipinski definition) is 1. The molecule has 2 heterocycles. The monoisotopic (exact) mass is 238 g/mol. The fourth-order valence-corrected chi connectivity index (χ4v) is 3.52. The van der Waals surface area contributed by atoms with Crippen LogP contribution < -0.4 is 5.32 Å². The van der Waals surface area contributed by atoms with Gasteiger partial charge in [-0.3, -0.25) is 4.90 Å². The molecule has 3 nitrogen and oxygen atoms in total. The molecule has 0 radical (unpaired) electrons. The van der Waals surface area contributed by atoms with Crippen molar-refractivity contribution in [2.45, 2.75) is 38.7 Å². The van der Waals surface area contributed by atoms with Gasteiger partial charge in [0.05, 0.1) is 12.7 Å². The Kier molecular flexibility index (Phi) is 3.42. The van der Waals surface area contributed by atoms with Crippen molar-refractivity contribution in [1.82, 2.24) is 10.2 Å². The molecule has 17 heavy (non-hydrogen) atoms. The van der Waals surface area contributed by atoms with E-state index in [1.807, 2.05) is 0 Å². The predicted octanol–water partition coefficient (Wildman–Crippen LogP) is 1.49. The maximum absolute atomic E-state index is 5.95. The molecule has 0 aromatic heterocycles. The van der Waals surface area contributed by atoms with Gasteiger partial charge < -0.3 is 10.1 Å². The number of rotatable bonds is 3. The summed E-state index contributed by atoms with van der Waals surface area (Å²) in [6.45, 7) is 9.35. The topological polar surface area (TPSA) is 24.5 Å². The van der Waals surface area contributed by atoms with Crippen LogP contribution in [0, 0.1) is 11.3 Å². The Morgan fingerprint density at radius 3 is 2.94 bits per heavy atom. The number of ether oxygens (including phenoxy) is 1. The summed E-state index contributed by atoms with van der Waals surface area (Å²) < 4.78 is 5.95. The lowest BCUT2D eigenvalue weighted by atomic mass is 9.80. The van der Waals surface area contributed by atoms with Crippen LogP contribution in [0.15, 0.2) is 0 Å². The van der Waals surface area contributed by atoms with Gasteiger partial charge in [-0.15, -0.1) is 0 Å². The summed E-state index contributed by atoms with van der Waals surface area (Å²) in [6, 6.07) is 0. The number of nitrogens with zero attached hydrogens (tertiary/aromatic N) is 1. The summed E-state index contributed by atoms with van der Waals surface area (Å²) in [7, 11) is 0. The molecular weight excluding hydrogens is 212 g/mol. The van der Waals surface area contributed by atoms with E-state index in [2.05, 4.69) is 17.1 Å².